The summed E-state index contributed by atoms with van der Waals surface area (Å²) in [6.45, 7) is 0.473. The van der Waals surface area contributed by atoms with Gasteiger partial charge in [-0.2, -0.15) is 4.99 Å². The highest BCUT2D eigenvalue weighted by Gasteiger charge is 2.07. The van der Waals surface area contributed by atoms with E-state index in [9.17, 15) is 0 Å². The van der Waals surface area contributed by atoms with E-state index < -0.39 is 0 Å². The molecule has 1 aliphatic heterocycles. The van der Waals surface area contributed by atoms with Gasteiger partial charge in [-0.05, 0) is 11.6 Å². The maximum Gasteiger partial charge on any atom is 0.287 e. The third-order valence-electron chi connectivity index (χ3n) is 1.75. The summed E-state index contributed by atoms with van der Waals surface area (Å²) in [5.74, 6) is 0. The van der Waals surface area contributed by atoms with E-state index in [2.05, 4.69) is 4.99 Å². The topological polar surface area (TPSA) is 47.6 Å². The molecule has 0 spiro atoms. The largest absolute Gasteiger partial charge is 0.459 e. The first-order chi connectivity index (χ1) is 6.34. The van der Waals surface area contributed by atoms with E-state index in [4.69, 9.17) is 10.5 Å². The van der Waals surface area contributed by atoms with Gasteiger partial charge in [0.1, 0.15) is 6.61 Å². The lowest BCUT2D eigenvalue weighted by molar-refractivity contribution is 0.358. The van der Waals surface area contributed by atoms with Crippen LogP contribution in [0.2, 0.25) is 0 Å². The highest BCUT2D eigenvalue weighted by atomic mass is 16.5. The molecule has 1 aromatic rings. The zero-order valence-electron chi connectivity index (χ0n) is 7.10. The van der Waals surface area contributed by atoms with E-state index in [1.807, 2.05) is 36.4 Å². The molecule has 1 heterocycles. The van der Waals surface area contributed by atoms with Crippen LogP contribution in [0.4, 0.5) is 0 Å². The normalized spacial score (nSPS) is 18.5. The van der Waals surface area contributed by atoms with Crippen LogP contribution in [0.5, 0.6) is 0 Å². The lowest BCUT2D eigenvalue weighted by Crippen LogP contribution is -2.09. The number of nitrogens with two attached hydrogens (primary N) is 1. The first-order valence-electron chi connectivity index (χ1n) is 4.07. The third-order valence-corrected chi connectivity index (χ3v) is 1.75. The molecular weight excluding hydrogens is 164 g/mol. The van der Waals surface area contributed by atoms with Gasteiger partial charge in [-0.1, -0.05) is 30.3 Å². The van der Waals surface area contributed by atoms with Gasteiger partial charge in [0.2, 0.25) is 0 Å². The number of rotatable bonds is 1. The van der Waals surface area contributed by atoms with Crippen LogP contribution in [0.3, 0.4) is 0 Å². The van der Waals surface area contributed by atoms with Crippen LogP contribution in [0.15, 0.2) is 41.0 Å². The van der Waals surface area contributed by atoms with Gasteiger partial charge in [0.05, 0.1) is 5.70 Å². The fraction of sp³-hybridized carbons (Fsp3) is 0.100. The fourth-order valence-electron chi connectivity index (χ4n) is 1.17. The Morgan fingerprint density at radius 1 is 1.31 bits per heavy atom. The number of aliphatic imine (C=N–C) groups is 1. The van der Waals surface area contributed by atoms with Gasteiger partial charge in [-0.3, -0.25) is 0 Å². The van der Waals surface area contributed by atoms with Gasteiger partial charge in [-0.15, -0.1) is 0 Å². The Morgan fingerprint density at radius 2 is 2.08 bits per heavy atom. The van der Waals surface area contributed by atoms with Crippen molar-refractivity contribution in [3.63, 3.8) is 0 Å². The number of amidine groups is 1. The number of ether oxygens (including phenoxy) is 1. The Hall–Kier alpha value is -1.77. The number of nitrogens with zero attached hydrogens (tertiary/aromatic N) is 1. The van der Waals surface area contributed by atoms with Crippen molar-refractivity contribution in [2.75, 3.05) is 6.61 Å². The summed E-state index contributed by atoms with van der Waals surface area (Å²) in [6, 6.07) is 10.2. The summed E-state index contributed by atoms with van der Waals surface area (Å²) in [5.41, 5.74) is 7.34. The van der Waals surface area contributed by atoms with E-state index >= 15 is 0 Å². The van der Waals surface area contributed by atoms with Crippen LogP contribution < -0.4 is 5.73 Å². The van der Waals surface area contributed by atoms with Crippen LogP contribution in [0.25, 0.3) is 6.08 Å². The maximum absolute atomic E-state index is 5.37. The molecule has 0 saturated heterocycles. The van der Waals surface area contributed by atoms with Gasteiger partial charge >= 0.3 is 0 Å². The van der Waals surface area contributed by atoms with Crippen LogP contribution in [-0.2, 0) is 4.74 Å². The second-order valence-electron chi connectivity index (χ2n) is 2.79. The lowest BCUT2D eigenvalue weighted by Gasteiger charge is -1.92. The Balaban J connectivity index is 2.22. The molecule has 0 aliphatic carbocycles. The summed E-state index contributed by atoms with van der Waals surface area (Å²) >= 11 is 0. The van der Waals surface area contributed by atoms with Crippen molar-refractivity contribution in [2.24, 2.45) is 10.7 Å². The van der Waals surface area contributed by atoms with Crippen molar-refractivity contribution >= 4 is 12.1 Å². The molecule has 1 aromatic carbocycles. The van der Waals surface area contributed by atoms with Gasteiger partial charge in [0.25, 0.3) is 6.02 Å². The van der Waals surface area contributed by atoms with E-state index in [0.29, 0.717) is 6.61 Å². The SMILES string of the molecule is NC1=N/C(=C/c2ccccc2)CO1. The van der Waals surface area contributed by atoms with Crippen molar-refractivity contribution in [3.05, 3.63) is 41.6 Å². The fourth-order valence-corrected chi connectivity index (χ4v) is 1.17. The summed E-state index contributed by atoms with van der Waals surface area (Å²) in [5, 5.41) is 0. The first-order valence-corrected chi connectivity index (χ1v) is 4.07. The molecule has 13 heavy (non-hydrogen) atoms. The van der Waals surface area contributed by atoms with E-state index in [1.54, 1.807) is 0 Å². The Labute approximate surface area is 76.5 Å². The molecule has 0 bridgehead atoms. The van der Waals surface area contributed by atoms with Crippen molar-refractivity contribution in [1.29, 1.82) is 0 Å². The predicted octanol–water partition coefficient (Wildman–Crippen LogP) is 1.37. The maximum atomic E-state index is 5.37. The van der Waals surface area contributed by atoms with Crippen LogP contribution in [-0.4, -0.2) is 12.6 Å². The average molecular weight is 174 g/mol. The molecule has 66 valence electrons. The molecule has 0 radical (unpaired) electrons. The van der Waals surface area contributed by atoms with Gasteiger partial charge < -0.3 is 10.5 Å². The molecular formula is C10H10N2O. The summed E-state index contributed by atoms with van der Waals surface area (Å²) < 4.78 is 5.00. The van der Waals surface area contributed by atoms with E-state index in [-0.39, 0.29) is 6.02 Å². The zero-order valence-corrected chi connectivity index (χ0v) is 7.10. The molecule has 0 atom stereocenters. The molecule has 3 heteroatoms. The minimum absolute atomic E-state index is 0.252. The lowest BCUT2D eigenvalue weighted by atomic mass is 10.2. The van der Waals surface area contributed by atoms with Crippen molar-refractivity contribution in [1.82, 2.24) is 0 Å². The average Bonchev–Trinajstić information content (AvgIpc) is 2.53. The third kappa shape index (κ3) is 1.87. The standard InChI is InChI=1S/C10H10N2O/c11-10-12-9(7-13-10)6-8-4-2-1-3-5-8/h1-6H,7H2,(H2,11,12)/b9-6+. The molecule has 1 aliphatic rings. The van der Waals surface area contributed by atoms with Gasteiger partial charge in [0.15, 0.2) is 0 Å². The summed E-state index contributed by atoms with van der Waals surface area (Å²) in [4.78, 5) is 4.02. The Kier molecular flexibility index (Phi) is 2.00. The van der Waals surface area contributed by atoms with Crippen LogP contribution in [0, 0.1) is 0 Å². The van der Waals surface area contributed by atoms with Crippen molar-refractivity contribution in [2.45, 2.75) is 0 Å². The quantitative estimate of drug-likeness (QED) is 0.699. The van der Waals surface area contributed by atoms with Gasteiger partial charge in [-0.25, -0.2) is 0 Å². The molecule has 0 amide bonds. The second-order valence-corrected chi connectivity index (χ2v) is 2.79. The molecule has 0 fully saturated rings. The number of benzene rings is 1. The molecule has 2 N–H and O–H groups in total. The van der Waals surface area contributed by atoms with Crippen LogP contribution in [0.1, 0.15) is 5.56 Å². The monoisotopic (exact) mass is 174 g/mol. The van der Waals surface area contributed by atoms with Crippen LogP contribution >= 0.6 is 0 Å². The van der Waals surface area contributed by atoms with Crippen molar-refractivity contribution < 1.29 is 4.74 Å². The Morgan fingerprint density at radius 3 is 2.69 bits per heavy atom. The molecule has 3 nitrogen and oxygen atoms in total. The number of hydrogen-bond acceptors (Lipinski definition) is 3. The molecule has 0 unspecified atom stereocenters. The minimum Gasteiger partial charge on any atom is -0.459 e. The predicted molar refractivity (Wildman–Crippen MR) is 52.0 cm³/mol. The smallest absolute Gasteiger partial charge is 0.287 e. The molecule has 0 saturated carbocycles. The summed E-state index contributed by atoms with van der Waals surface area (Å²) in [7, 11) is 0. The zero-order chi connectivity index (χ0) is 9.10. The van der Waals surface area contributed by atoms with Gasteiger partial charge in [0, 0.05) is 0 Å². The minimum atomic E-state index is 0.252. The van der Waals surface area contributed by atoms with Crippen molar-refractivity contribution in [3.8, 4) is 0 Å². The molecule has 2 rings (SSSR count). The van der Waals surface area contributed by atoms with E-state index in [0.717, 1.165) is 11.3 Å². The first kappa shape index (κ1) is 7.86. The second kappa shape index (κ2) is 3.31. The highest BCUT2D eigenvalue weighted by Crippen LogP contribution is 2.11. The highest BCUT2D eigenvalue weighted by molar-refractivity contribution is 5.76. The van der Waals surface area contributed by atoms with E-state index in [1.165, 1.54) is 0 Å². The molecule has 0 aromatic heterocycles. The number of hydrogen-bond donors (Lipinski definition) is 1. The summed E-state index contributed by atoms with van der Waals surface area (Å²) in [6.07, 6.45) is 1.96. The Bertz CT molecular complexity index is 354.